The highest BCUT2D eigenvalue weighted by Crippen LogP contribution is 2.37. The predicted molar refractivity (Wildman–Crippen MR) is 113 cm³/mol. The fourth-order valence-corrected chi connectivity index (χ4v) is 4.03. The molecule has 0 radical (unpaired) electrons. The van der Waals surface area contributed by atoms with Crippen LogP contribution < -0.4 is 5.32 Å². The Hall–Kier alpha value is -1.86. The minimum Gasteiger partial charge on any atom is -0.465 e. The van der Waals surface area contributed by atoms with E-state index >= 15 is 0 Å². The van der Waals surface area contributed by atoms with Crippen LogP contribution in [0.2, 0.25) is 10.0 Å². The number of anilines is 1. The summed E-state index contributed by atoms with van der Waals surface area (Å²) in [6.07, 6.45) is 0. The number of hydrogen-bond acceptors (Lipinski definition) is 4. The Kier molecular flexibility index (Phi) is 6.22. The van der Waals surface area contributed by atoms with Crippen LogP contribution in [0.25, 0.3) is 11.1 Å². The summed E-state index contributed by atoms with van der Waals surface area (Å²) >= 11 is 16.7. The van der Waals surface area contributed by atoms with E-state index in [1.807, 2.05) is 24.3 Å². The van der Waals surface area contributed by atoms with Gasteiger partial charge in [-0.1, -0.05) is 51.3 Å². The summed E-state index contributed by atoms with van der Waals surface area (Å²) < 4.78 is 5.83. The Balaban J connectivity index is 2.00. The molecule has 1 N–H and O–H groups in total. The molecule has 0 saturated carbocycles. The van der Waals surface area contributed by atoms with Crippen molar-refractivity contribution in [2.24, 2.45) is 0 Å². The summed E-state index contributed by atoms with van der Waals surface area (Å²) in [4.78, 5) is 25.0. The van der Waals surface area contributed by atoms with Crippen LogP contribution in [-0.4, -0.2) is 19.0 Å². The highest BCUT2D eigenvalue weighted by atomic mass is 79.9. The molecule has 0 aliphatic heterocycles. The quantitative estimate of drug-likeness (QED) is 0.428. The maximum Gasteiger partial charge on any atom is 0.341 e. The SMILES string of the molecule is COC(=O)c1c(-c2ccc(Br)cc2)csc1NC(=O)c1cc(Cl)ccc1Cl. The average molecular weight is 485 g/mol. The Morgan fingerprint density at radius 1 is 1.11 bits per heavy atom. The second-order valence-electron chi connectivity index (χ2n) is 5.43. The molecule has 1 heterocycles. The van der Waals surface area contributed by atoms with Crippen LogP contribution >= 0.6 is 50.5 Å². The maximum absolute atomic E-state index is 12.6. The molecule has 0 aliphatic carbocycles. The molecule has 138 valence electrons. The number of amides is 1. The van der Waals surface area contributed by atoms with Crippen LogP contribution in [0.5, 0.6) is 0 Å². The number of carbonyl (C=O) groups is 2. The van der Waals surface area contributed by atoms with Crippen LogP contribution in [0.1, 0.15) is 20.7 Å². The molecule has 3 aromatic rings. The topological polar surface area (TPSA) is 55.4 Å². The van der Waals surface area contributed by atoms with E-state index in [4.69, 9.17) is 27.9 Å². The van der Waals surface area contributed by atoms with Crippen molar-refractivity contribution < 1.29 is 14.3 Å². The van der Waals surface area contributed by atoms with Crippen molar-refractivity contribution in [2.75, 3.05) is 12.4 Å². The summed E-state index contributed by atoms with van der Waals surface area (Å²) in [5.41, 5.74) is 2.01. The van der Waals surface area contributed by atoms with Crippen molar-refractivity contribution in [2.45, 2.75) is 0 Å². The summed E-state index contributed by atoms with van der Waals surface area (Å²) in [7, 11) is 1.30. The number of carbonyl (C=O) groups excluding carboxylic acids is 2. The second kappa shape index (κ2) is 8.44. The molecule has 3 rings (SSSR count). The molecule has 4 nitrogen and oxygen atoms in total. The van der Waals surface area contributed by atoms with Gasteiger partial charge in [-0.2, -0.15) is 0 Å². The van der Waals surface area contributed by atoms with E-state index in [0.717, 1.165) is 10.0 Å². The monoisotopic (exact) mass is 483 g/mol. The van der Waals surface area contributed by atoms with Gasteiger partial charge in [-0.3, -0.25) is 4.79 Å². The third-order valence-corrected chi connectivity index (χ3v) is 5.72. The van der Waals surface area contributed by atoms with Crippen LogP contribution in [-0.2, 0) is 4.74 Å². The summed E-state index contributed by atoms with van der Waals surface area (Å²) in [5.74, 6) is -1.00. The molecule has 0 bridgehead atoms. The van der Waals surface area contributed by atoms with E-state index in [0.29, 0.717) is 15.6 Å². The largest absolute Gasteiger partial charge is 0.465 e. The molecule has 8 heteroatoms. The number of nitrogens with one attached hydrogen (secondary N) is 1. The van der Waals surface area contributed by atoms with E-state index in [1.165, 1.54) is 24.5 Å². The van der Waals surface area contributed by atoms with Gasteiger partial charge in [0.2, 0.25) is 0 Å². The smallest absolute Gasteiger partial charge is 0.341 e. The molecule has 1 aromatic heterocycles. The minimum atomic E-state index is -0.540. The van der Waals surface area contributed by atoms with Gasteiger partial charge in [-0.05, 0) is 35.9 Å². The van der Waals surface area contributed by atoms with Crippen LogP contribution in [0.15, 0.2) is 52.3 Å². The molecule has 0 aliphatic rings. The first-order chi connectivity index (χ1) is 12.9. The first kappa shape index (κ1) is 19.9. The van der Waals surface area contributed by atoms with Crippen molar-refractivity contribution in [3.63, 3.8) is 0 Å². The van der Waals surface area contributed by atoms with Gasteiger partial charge in [0.1, 0.15) is 10.6 Å². The van der Waals surface area contributed by atoms with Crippen molar-refractivity contribution in [3.8, 4) is 11.1 Å². The number of benzene rings is 2. The van der Waals surface area contributed by atoms with E-state index < -0.39 is 11.9 Å². The Bertz CT molecular complexity index is 1020. The molecule has 0 fully saturated rings. The molecule has 2 aromatic carbocycles. The molecule has 0 atom stereocenters. The molecular weight excluding hydrogens is 473 g/mol. The lowest BCUT2D eigenvalue weighted by Gasteiger charge is -2.09. The van der Waals surface area contributed by atoms with E-state index in [2.05, 4.69) is 21.2 Å². The van der Waals surface area contributed by atoms with Gasteiger partial charge in [0.05, 0.1) is 17.7 Å². The number of halogens is 3. The number of thiophene rings is 1. The Labute approximate surface area is 178 Å². The molecule has 27 heavy (non-hydrogen) atoms. The number of rotatable bonds is 4. The molecule has 0 saturated heterocycles. The van der Waals surface area contributed by atoms with Crippen LogP contribution in [0, 0.1) is 0 Å². The Morgan fingerprint density at radius 2 is 1.81 bits per heavy atom. The van der Waals surface area contributed by atoms with Gasteiger partial charge in [0.25, 0.3) is 5.91 Å². The van der Waals surface area contributed by atoms with Crippen LogP contribution in [0.3, 0.4) is 0 Å². The number of methoxy groups -OCH3 is 1. The van der Waals surface area contributed by atoms with E-state index in [9.17, 15) is 9.59 Å². The number of ether oxygens (including phenoxy) is 1. The first-order valence-electron chi connectivity index (χ1n) is 7.63. The Morgan fingerprint density at radius 3 is 2.48 bits per heavy atom. The predicted octanol–water partition coefficient (Wildman–Crippen LogP) is 6.52. The fraction of sp³-hybridized carbons (Fsp3) is 0.0526. The highest BCUT2D eigenvalue weighted by Gasteiger charge is 2.23. The zero-order chi connectivity index (χ0) is 19.6. The minimum absolute atomic E-state index is 0.221. The summed E-state index contributed by atoms with van der Waals surface area (Å²) in [5, 5.41) is 5.56. The first-order valence-corrected chi connectivity index (χ1v) is 10.1. The van der Waals surface area contributed by atoms with Crippen molar-refractivity contribution in [3.05, 3.63) is 73.5 Å². The lowest BCUT2D eigenvalue weighted by atomic mass is 10.0. The zero-order valence-electron chi connectivity index (χ0n) is 13.9. The molecular formula is C19H12BrCl2NO3S. The van der Waals surface area contributed by atoms with Gasteiger partial charge in [-0.25, -0.2) is 4.79 Å². The summed E-state index contributed by atoms with van der Waals surface area (Å²) in [6, 6.07) is 12.1. The number of hydrogen-bond donors (Lipinski definition) is 1. The van der Waals surface area contributed by atoms with Crippen molar-refractivity contribution >= 4 is 67.3 Å². The third kappa shape index (κ3) is 4.35. The number of esters is 1. The van der Waals surface area contributed by atoms with Gasteiger partial charge < -0.3 is 10.1 Å². The molecule has 0 unspecified atom stereocenters. The molecule has 0 spiro atoms. The van der Waals surface area contributed by atoms with Gasteiger partial charge in [-0.15, -0.1) is 11.3 Å². The zero-order valence-corrected chi connectivity index (χ0v) is 17.8. The highest BCUT2D eigenvalue weighted by molar-refractivity contribution is 9.10. The van der Waals surface area contributed by atoms with Gasteiger partial charge in [0, 0.05) is 20.4 Å². The van der Waals surface area contributed by atoms with Crippen molar-refractivity contribution in [1.82, 2.24) is 0 Å². The van der Waals surface area contributed by atoms with Crippen LogP contribution in [0.4, 0.5) is 5.00 Å². The average Bonchev–Trinajstić information content (AvgIpc) is 3.07. The molecule has 1 amide bonds. The lowest BCUT2D eigenvalue weighted by molar-refractivity contribution is 0.0603. The third-order valence-electron chi connectivity index (χ3n) is 3.74. The van der Waals surface area contributed by atoms with E-state index in [1.54, 1.807) is 17.5 Å². The standard InChI is InChI=1S/C19H12BrCl2NO3S/c1-26-19(25)16-14(10-2-4-11(20)5-3-10)9-27-18(16)23-17(24)13-8-12(21)6-7-15(13)22/h2-9H,1H3,(H,23,24). The lowest BCUT2D eigenvalue weighted by Crippen LogP contribution is -2.14. The van der Waals surface area contributed by atoms with Gasteiger partial charge >= 0.3 is 5.97 Å². The maximum atomic E-state index is 12.6. The van der Waals surface area contributed by atoms with Gasteiger partial charge in [0.15, 0.2) is 0 Å². The second-order valence-corrected chi connectivity index (χ2v) is 8.07. The van der Waals surface area contributed by atoms with E-state index in [-0.39, 0.29) is 16.1 Å². The summed E-state index contributed by atoms with van der Waals surface area (Å²) in [6.45, 7) is 0. The normalized spacial score (nSPS) is 10.5. The fourth-order valence-electron chi connectivity index (χ4n) is 2.44. The van der Waals surface area contributed by atoms with Crippen molar-refractivity contribution in [1.29, 1.82) is 0 Å².